The van der Waals surface area contributed by atoms with Crippen LogP contribution in [-0.2, 0) is 4.79 Å². The molecule has 7 heteroatoms. The number of amides is 1. The standard InChI is InChI=1S/C20H19Br2ClN2O2/c21-17-9-12(10-18(22)19(17)26)11-24-25-20(27)15-3-1-13(2-4-15)14-5-7-16(23)8-6-14/h5-11,13,15,26H,1-4H2,(H,25,27). The molecule has 0 spiro atoms. The van der Waals surface area contributed by atoms with Gasteiger partial charge in [0.05, 0.1) is 15.2 Å². The van der Waals surface area contributed by atoms with Gasteiger partial charge in [-0.05, 0) is 98.9 Å². The maximum Gasteiger partial charge on any atom is 0.243 e. The highest BCUT2D eigenvalue weighted by Crippen LogP contribution is 2.36. The minimum absolute atomic E-state index is 0.0102. The lowest BCUT2D eigenvalue weighted by Crippen LogP contribution is -2.29. The van der Waals surface area contributed by atoms with Crippen LogP contribution in [0.1, 0.15) is 42.7 Å². The fraction of sp³-hybridized carbons (Fsp3) is 0.300. The van der Waals surface area contributed by atoms with Crippen LogP contribution in [-0.4, -0.2) is 17.2 Å². The second kappa shape index (κ2) is 9.22. The second-order valence-corrected chi connectivity index (χ2v) is 8.81. The van der Waals surface area contributed by atoms with Crippen LogP contribution in [0.3, 0.4) is 0 Å². The highest BCUT2D eigenvalue weighted by atomic mass is 79.9. The topological polar surface area (TPSA) is 61.7 Å². The first-order valence-corrected chi connectivity index (χ1v) is 10.7. The van der Waals surface area contributed by atoms with Gasteiger partial charge in [0.25, 0.3) is 0 Å². The van der Waals surface area contributed by atoms with E-state index in [2.05, 4.69) is 54.5 Å². The van der Waals surface area contributed by atoms with E-state index in [1.807, 2.05) is 12.1 Å². The van der Waals surface area contributed by atoms with E-state index < -0.39 is 0 Å². The minimum Gasteiger partial charge on any atom is -0.506 e. The highest BCUT2D eigenvalue weighted by molar-refractivity contribution is 9.11. The number of hydrogen-bond acceptors (Lipinski definition) is 3. The van der Waals surface area contributed by atoms with Crippen molar-refractivity contribution in [3.05, 3.63) is 61.5 Å². The van der Waals surface area contributed by atoms with Crippen LogP contribution in [0.15, 0.2) is 50.4 Å². The van der Waals surface area contributed by atoms with Gasteiger partial charge in [-0.25, -0.2) is 5.43 Å². The van der Waals surface area contributed by atoms with E-state index >= 15 is 0 Å². The summed E-state index contributed by atoms with van der Waals surface area (Å²) in [5, 5.41) is 14.5. The normalized spacial score (nSPS) is 20.0. The molecular weight excluding hydrogens is 495 g/mol. The molecule has 1 aliphatic rings. The van der Waals surface area contributed by atoms with E-state index in [4.69, 9.17) is 11.6 Å². The molecule has 0 atom stereocenters. The summed E-state index contributed by atoms with van der Waals surface area (Å²) in [5.74, 6) is 0.567. The average Bonchev–Trinajstić information content (AvgIpc) is 2.66. The smallest absolute Gasteiger partial charge is 0.243 e. The van der Waals surface area contributed by atoms with E-state index in [1.165, 1.54) is 5.56 Å². The van der Waals surface area contributed by atoms with Crippen LogP contribution in [0.4, 0.5) is 0 Å². The number of hydrazone groups is 1. The molecule has 2 aromatic rings. The summed E-state index contributed by atoms with van der Waals surface area (Å²) < 4.78 is 1.12. The zero-order chi connectivity index (χ0) is 19.4. The van der Waals surface area contributed by atoms with Crippen LogP contribution in [0, 0.1) is 5.92 Å². The third-order valence-electron chi connectivity index (χ3n) is 4.87. The Hall–Kier alpha value is -1.37. The number of halogens is 3. The first kappa shape index (κ1) is 20.4. The minimum atomic E-state index is -0.0438. The summed E-state index contributed by atoms with van der Waals surface area (Å²) >= 11 is 12.5. The predicted molar refractivity (Wildman–Crippen MR) is 115 cm³/mol. The van der Waals surface area contributed by atoms with Crippen molar-refractivity contribution in [3.63, 3.8) is 0 Å². The molecule has 27 heavy (non-hydrogen) atoms. The van der Waals surface area contributed by atoms with Crippen LogP contribution in [0.5, 0.6) is 5.75 Å². The number of nitrogens with one attached hydrogen (secondary N) is 1. The quantitative estimate of drug-likeness (QED) is 0.389. The molecule has 1 amide bonds. The third-order valence-corrected chi connectivity index (χ3v) is 6.33. The molecule has 0 saturated heterocycles. The van der Waals surface area contributed by atoms with Crippen LogP contribution in [0.2, 0.25) is 5.02 Å². The van der Waals surface area contributed by atoms with Crippen molar-refractivity contribution in [2.24, 2.45) is 11.0 Å². The van der Waals surface area contributed by atoms with E-state index in [1.54, 1.807) is 18.3 Å². The van der Waals surface area contributed by atoms with Gasteiger partial charge in [-0.15, -0.1) is 0 Å². The van der Waals surface area contributed by atoms with E-state index in [0.29, 0.717) is 14.9 Å². The lowest BCUT2D eigenvalue weighted by atomic mass is 9.78. The molecule has 0 unspecified atom stereocenters. The molecule has 1 fully saturated rings. The summed E-state index contributed by atoms with van der Waals surface area (Å²) in [6.07, 6.45) is 5.24. The third kappa shape index (κ3) is 5.33. The van der Waals surface area contributed by atoms with Gasteiger partial charge in [-0.3, -0.25) is 4.79 Å². The zero-order valence-corrected chi connectivity index (χ0v) is 18.4. The zero-order valence-electron chi connectivity index (χ0n) is 14.5. The number of phenols is 1. The Labute approximate surface area is 180 Å². The summed E-state index contributed by atoms with van der Waals surface area (Å²) in [6.45, 7) is 0. The Morgan fingerprint density at radius 3 is 2.30 bits per heavy atom. The van der Waals surface area contributed by atoms with Crippen molar-refractivity contribution in [3.8, 4) is 5.75 Å². The molecule has 1 aliphatic carbocycles. The molecule has 0 radical (unpaired) electrons. The summed E-state index contributed by atoms with van der Waals surface area (Å²) in [5.41, 5.74) is 4.69. The van der Waals surface area contributed by atoms with Gasteiger partial charge in [0.1, 0.15) is 5.75 Å². The molecule has 2 aromatic carbocycles. The number of phenolic OH excluding ortho intramolecular Hbond substituents is 1. The molecule has 0 aromatic heterocycles. The molecule has 142 valence electrons. The number of aromatic hydroxyl groups is 1. The van der Waals surface area contributed by atoms with Gasteiger partial charge < -0.3 is 5.11 Å². The van der Waals surface area contributed by atoms with Crippen LogP contribution < -0.4 is 5.43 Å². The number of rotatable bonds is 4. The molecule has 0 aliphatic heterocycles. The first-order chi connectivity index (χ1) is 12.9. The number of carbonyl (C=O) groups is 1. The number of hydrogen-bond donors (Lipinski definition) is 2. The molecule has 3 rings (SSSR count). The predicted octanol–water partition coefficient (Wildman–Crippen LogP) is 5.99. The fourth-order valence-electron chi connectivity index (χ4n) is 3.35. The fourth-order valence-corrected chi connectivity index (χ4v) is 4.69. The SMILES string of the molecule is O=C(NN=Cc1cc(Br)c(O)c(Br)c1)C1CCC(c2ccc(Cl)cc2)CC1. The molecule has 0 bridgehead atoms. The van der Waals surface area contributed by atoms with Gasteiger partial charge in [-0.1, -0.05) is 23.7 Å². The first-order valence-electron chi connectivity index (χ1n) is 8.70. The van der Waals surface area contributed by atoms with Crippen molar-refractivity contribution in [2.45, 2.75) is 31.6 Å². The Bertz CT molecular complexity index is 825. The van der Waals surface area contributed by atoms with Crippen molar-refractivity contribution >= 4 is 55.6 Å². The number of benzene rings is 2. The van der Waals surface area contributed by atoms with Crippen molar-refractivity contribution in [2.75, 3.05) is 0 Å². The van der Waals surface area contributed by atoms with E-state index in [-0.39, 0.29) is 17.6 Å². The Morgan fingerprint density at radius 2 is 1.70 bits per heavy atom. The largest absolute Gasteiger partial charge is 0.506 e. The molecule has 2 N–H and O–H groups in total. The molecular formula is C20H19Br2ClN2O2. The summed E-state index contributed by atoms with van der Waals surface area (Å²) in [6, 6.07) is 11.5. The van der Waals surface area contributed by atoms with Gasteiger partial charge in [0.15, 0.2) is 0 Å². The summed E-state index contributed by atoms with van der Waals surface area (Å²) in [7, 11) is 0. The van der Waals surface area contributed by atoms with E-state index in [9.17, 15) is 9.90 Å². The van der Waals surface area contributed by atoms with Gasteiger partial charge in [0, 0.05) is 10.9 Å². The van der Waals surface area contributed by atoms with Gasteiger partial charge >= 0.3 is 0 Å². The Morgan fingerprint density at radius 1 is 1.11 bits per heavy atom. The Balaban J connectivity index is 1.51. The van der Waals surface area contributed by atoms with Gasteiger partial charge in [-0.2, -0.15) is 5.10 Å². The number of carbonyl (C=O) groups excluding carboxylic acids is 1. The Kier molecular flexibility index (Phi) is 6.95. The highest BCUT2D eigenvalue weighted by Gasteiger charge is 2.26. The molecule has 0 heterocycles. The summed E-state index contributed by atoms with van der Waals surface area (Å²) in [4.78, 5) is 12.4. The monoisotopic (exact) mass is 512 g/mol. The van der Waals surface area contributed by atoms with E-state index in [0.717, 1.165) is 36.3 Å². The maximum absolute atomic E-state index is 12.4. The maximum atomic E-state index is 12.4. The number of nitrogens with zero attached hydrogens (tertiary/aromatic N) is 1. The van der Waals surface area contributed by atoms with Crippen LogP contribution in [0.25, 0.3) is 0 Å². The lowest BCUT2D eigenvalue weighted by Gasteiger charge is -2.27. The molecule has 4 nitrogen and oxygen atoms in total. The van der Waals surface area contributed by atoms with Crippen molar-refractivity contribution in [1.82, 2.24) is 5.43 Å². The van der Waals surface area contributed by atoms with Crippen LogP contribution >= 0.6 is 43.5 Å². The molecule has 1 saturated carbocycles. The van der Waals surface area contributed by atoms with Crippen molar-refractivity contribution < 1.29 is 9.90 Å². The average molecular weight is 515 g/mol. The van der Waals surface area contributed by atoms with Crippen molar-refractivity contribution in [1.29, 1.82) is 0 Å². The lowest BCUT2D eigenvalue weighted by molar-refractivity contribution is -0.126. The van der Waals surface area contributed by atoms with Gasteiger partial charge in [0.2, 0.25) is 5.91 Å². The second-order valence-electron chi connectivity index (χ2n) is 6.67.